The molecule has 3 nitrogen and oxygen atoms in total. The lowest BCUT2D eigenvalue weighted by molar-refractivity contribution is 0.421. The van der Waals surface area contributed by atoms with E-state index in [0.717, 1.165) is 31.8 Å². The summed E-state index contributed by atoms with van der Waals surface area (Å²) in [5.41, 5.74) is 0. The quantitative estimate of drug-likeness (QED) is 0.830. The van der Waals surface area contributed by atoms with Gasteiger partial charge in [-0.2, -0.15) is 0 Å². The van der Waals surface area contributed by atoms with E-state index < -0.39 is 0 Å². The van der Waals surface area contributed by atoms with Gasteiger partial charge >= 0.3 is 0 Å². The van der Waals surface area contributed by atoms with Gasteiger partial charge in [0.2, 0.25) is 0 Å². The SMILES string of the molecule is CC(CN1CCCC1=N)c1nccs1. The van der Waals surface area contributed by atoms with Crippen molar-refractivity contribution in [3.63, 3.8) is 0 Å². The van der Waals surface area contributed by atoms with E-state index in [9.17, 15) is 0 Å². The second-order valence-electron chi connectivity index (χ2n) is 3.77. The first kappa shape index (κ1) is 9.65. The van der Waals surface area contributed by atoms with Crippen LogP contribution in [0.5, 0.6) is 0 Å². The zero-order valence-electron chi connectivity index (χ0n) is 8.36. The molecule has 1 aliphatic heterocycles. The molecule has 0 spiro atoms. The summed E-state index contributed by atoms with van der Waals surface area (Å²) < 4.78 is 0. The van der Waals surface area contributed by atoms with E-state index in [1.807, 2.05) is 11.6 Å². The largest absolute Gasteiger partial charge is 0.360 e. The van der Waals surface area contributed by atoms with Gasteiger partial charge in [0.05, 0.1) is 10.8 Å². The number of rotatable bonds is 3. The van der Waals surface area contributed by atoms with E-state index in [1.54, 1.807) is 11.3 Å². The Hall–Kier alpha value is -0.900. The molecule has 2 rings (SSSR count). The van der Waals surface area contributed by atoms with Gasteiger partial charge in [0.1, 0.15) is 0 Å². The molecule has 2 heterocycles. The van der Waals surface area contributed by atoms with Crippen molar-refractivity contribution in [2.75, 3.05) is 13.1 Å². The van der Waals surface area contributed by atoms with E-state index in [2.05, 4.69) is 16.8 Å². The molecule has 14 heavy (non-hydrogen) atoms. The van der Waals surface area contributed by atoms with Crippen molar-refractivity contribution in [3.8, 4) is 0 Å². The van der Waals surface area contributed by atoms with Gasteiger partial charge in [0.25, 0.3) is 0 Å². The van der Waals surface area contributed by atoms with Crippen molar-refractivity contribution in [2.45, 2.75) is 25.7 Å². The fourth-order valence-electron chi connectivity index (χ4n) is 1.82. The van der Waals surface area contributed by atoms with Gasteiger partial charge in [-0.25, -0.2) is 4.98 Å². The summed E-state index contributed by atoms with van der Waals surface area (Å²) in [5.74, 6) is 1.25. The van der Waals surface area contributed by atoms with Crippen molar-refractivity contribution >= 4 is 17.2 Å². The van der Waals surface area contributed by atoms with Crippen molar-refractivity contribution in [3.05, 3.63) is 16.6 Å². The predicted octanol–water partition coefficient (Wildman–Crippen LogP) is 2.32. The summed E-state index contributed by atoms with van der Waals surface area (Å²) in [4.78, 5) is 6.48. The van der Waals surface area contributed by atoms with Crippen LogP contribution < -0.4 is 0 Å². The van der Waals surface area contributed by atoms with Crippen LogP contribution in [0.25, 0.3) is 0 Å². The van der Waals surface area contributed by atoms with Crippen LogP contribution in [-0.2, 0) is 0 Å². The molecule has 76 valence electrons. The molecule has 0 aliphatic carbocycles. The molecule has 1 aromatic rings. The standard InChI is InChI=1S/C10H15N3S/c1-8(10-12-4-6-14-10)7-13-5-2-3-9(13)11/h4,6,8,11H,2-3,5,7H2,1H3. The van der Waals surface area contributed by atoms with Crippen LogP contribution in [0.2, 0.25) is 0 Å². The molecule has 4 heteroatoms. The number of likely N-dealkylation sites (tertiary alicyclic amines) is 1. The maximum Gasteiger partial charge on any atom is 0.0970 e. The lowest BCUT2D eigenvalue weighted by Gasteiger charge is -2.20. The summed E-state index contributed by atoms with van der Waals surface area (Å²) in [5, 5.41) is 10.9. The van der Waals surface area contributed by atoms with Crippen molar-refractivity contribution in [2.24, 2.45) is 0 Å². The first-order valence-electron chi connectivity index (χ1n) is 4.99. The molecule has 0 bridgehead atoms. The van der Waals surface area contributed by atoms with E-state index >= 15 is 0 Å². The molecular weight excluding hydrogens is 194 g/mol. The maximum absolute atomic E-state index is 7.73. The fourth-order valence-corrected chi connectivity index (χ4v) is 2.51. The molecule has 0 radical (unpaired) electrons. The van der Waals surface area contributed by atoms with E-state index in [4.69, 9.17) is 5.41 Å². The van der Waals surface area contributed by atoms with E-state index in [-0.39, 0.29) is 0 Å². The predicted molar refractivity (Wildman–Crippen MR) is 59.1 cm³/mol. The Morgan fingerprint density at radius 3 is 3.14 bits per heavy atom. The first-order valence-corrected chi connectivity index (χ1v) is 5.87. The Labute approximate surface area is 88.3 Å². The number of nitrogens with one attached hydrogen (secondary N) is 1. The first-order chi connectivity index (χ1) is 6.77. The maximum atomic E-state index is 7.73. The molecule has 1 aromatic heterocycles. The Balaban J connectivity index is 1.94. The lowest BCUT2D eigenvalue weighted by atomic mass is 10.2. The average Bonchev–Trinajstić information content (AvgIpc) is 2.77. The summed E-state index contributed by atoms with van der Waals surface area (Å²) in [7, 11) is 0. The topological polar surface area (TPSA) is 40.0 Å². The lowest BCUT2D eigenvalue weighted by Crippen LogP contribution is -2.28. The third kappa shape index (κ3) is 1.95. The molecule has 1 aliphatic rings. The monoisotopic (exact) mass is 209 g/mol. The molecule has 0 aromatic carbocycles. The van der Waals surface area contributed by atoms with E-state index in [1.165, 1.54) is 5.01 Å². The van der Waals surface area contributed by atoms with Gasteiger partial charge < -0.3 is 4.90 Å². The number of amidine groups is 1. The average molecular weight is 209 g/mol. The Morgan fingerprint density at radius 2 is 2.57 bits per heavy atom. The van der Waals surface area contributed by atoms with Gasteiger partial charge in [0, 0.05) is 37.0 Å². The number of hydrogen-bond acceptors (Lipinski definition) is 3. The third-order valence-corrected chi connectivity index (χ3v) is 3.60. The summed E-state index contributed by atoms with van der Waals surface area (Å²) in [6.45, 7) is 4.19. The van der Waals surface area contributed by atoms with Crippen LogP contribution in [0.1, 0.15) is 30.7 Å². The molecule has 1 N–H and O–H groups in total. The molecule has 1 atom stereocenters. The van der Waals surface area contributed by atoms with Crippen LogP contribution in [0, 0.1) is 5.41 Å². The highest BCUT2D eigenvalue weighted by molar-refractivity contribution is 7.09. The van der Waals surface area contributed by atoms with Gasteiger partial charge in [-0.05, 0) is 6.42 Å². The fraction of sp³-hybridized carbons (Fsp3) is 0.600. The number of hydrogen-bond donors (Lipinski definition) is 1. The van der Waals surface area contributed by atoms with Crippen LogP contribution in [0.15, 0.2) is 11.6 Å². The Bertz CT molecular complexity index is 307. The molecule has 1 unspecified atom stereocenters. The number of nitrogens with zero attached hydrogens (tertiary/aromatic N) is 2. The normalized spacial score (nSPS) is 18.9. The highest BCUT2D eigenvalue weighted by atomic mass is 32.1. The summed E-state index contributed by atoms with van der Waals surface area (Å²) >= 11 is 1.71. The van der Waals surface area contributed by atoms with Crippen LogP contribution in [-0.4, -0.2) is 28.8 Å². The molecular formula is C10H15N3S. The number of aromatic nitrogens is 1. The zero-order chi connectivity index (χ0) is 9.97. The van der Waals surface area contributed by atoms with E-state index in [0.29, 0.717) is 5.92 Å². The van der Waals surface area contributed by atoms with Gasteiger partial charge in [-0.1, -0.05) is 6.92 Å². The molecule has 0 amide bonds. The summed E-state index contributed by atoms with van der Waals surface area (Å²) in [6.07, 6.45) is 3.94. The molecule has 1 fully saturated rings. The smallest absolute Gasteiger partial charge is 0.0970 e. The van der Waals surface area contributed by atoms with Crippen LogP contribution in [0.3, 0.4) is 0 Å². The van der Waals surface area contributed by atoms with Crippen LogP contribution in [0.4, 0.5) is 0 Å². The van der Waals surface area contributed by atoms with Crippen molar-refractivity contribution in [1.82, 2.24) is 9.88 Å². The minimum Gasteiger partial charge on any atom is -0.360 e. The third-order valence-electron chi connectivity index (χ3n) is 2.59. The Kier molecular flexibility index (Phi) is 2.82. The van der Waals surface area contributed by atoms with Crippen molar-refractivity contribution < 1.29 is 0 Å². The Morgan fingerprint density at radius 1 is 1.71 bits per heavy atom. The second-order valence-corrected chi connectivity index (χ2v) is 4.69. The van der Waals surface area contributed by atoms with Gasteiger partial charge in [-0.15, -0.1) is 11.3 Å². The van der Waals surface area contributed by atoms with Gasteiger partial charge in [-0.3, -0.25) is 5.41 Å². The number of thiazole rings is 1. The molecule has 1 saturated heterocycles. The van der Waals surface area contributed by atoms with Gasteiger partial charge in [0.15, 0.2) is 0 Å². The second kappa shape index (κ2) is 4.09. The summed E-state index contributed by atoms with van der Waals surface area (Å²) in [6, 6.07) is 0. The highest BCUT2D eigenvalue weighted by Gasteiger charge is 2.20. The zero-order valence-corrected chi connectivity index (χ0v) is 9.18. The molecule has 0 saturated carbocycles. The minimum absolute atomic E-state index is 0.452. The highest BCUT2D eigenvalue weighted by Crippen LogP contribution is 2.21. The van der Waals surface area contributed by atoms with Crippen LogP contribution >= 0.6 is 11.3 Å². The van der Waals surface area contributed by atoms with Crippen molar-refractivity contribution in [1.29, 1.82) is 5.41 Å². The minimum atomic E-state index is 0.452.